The van der Waals surface area contributed by atoms with Crippen molar-refractivity contribution < 1.29 is 28.8 Å². The molecule has 138 valence electrons. The predicted octanol–water partition coefficient (Wildman–Crippen LogP) is 2.33. The minimum Gasteiger partial charge on any atom is -0.494 e. The lowest BCUT2D eigenvalue weighted by Gasteiger charge is -2.16. The molecule has 1 N–H and O–H groups in total. The van der Waals surface area contributed by atoms with Crippen LogP contribution in [0.15, 0.2) is 24.3 Å². The molecule has 1 aromatic rings. The Balaban J connectivity index is 1.46. The molecule has 3 rings (SSSR count). The molecular weight excluding hydrogens is 324 g/mol. The fourth-order valence-corrected chi connectivity index (χ4v) is 3.16. The average molecular weight is 350 g/mol. The monoisotopic (exact) mass is 350 g/mol. The summed E-state index contributed by atoms with van der Waals surface area (Å²) in [6.07, 6.45) is 2.71. The first-order valence-corrected chi connectivity index (χ1v) is 9.04. The molecule has 0 spiro atoms. The van der Waals surface area contributed by atoms with Crippen LogP contribution in [0.3, 0.4) is 0 Å². The third kappa shape index (κ3) is 4.51. The van der Waals surface area contributed by atoms with Crippen LogP contribution >= 0.6 is 0 Å². The standard InChI is InChI=1S/C19H26O6/c1-2-3-4-5-10-22-14-8-6-13(7-9-14)19(21)25-16-12-24-17-15(20)11-23-18(16)17/h6-9,15-18,20H,2-5,10-12H2,1H3/t15-,16+,17-,18-/m1/s1. The van der Waals surface area contributed by atoms with E-state index in [0.717, 1.165) is 12.2 Å². The highest BCUT2D eigenvalue weighted by atomic mass is 16.6. The molecule has 2 aliphatic heterocycles. The topological polar surface area (TPSA) is 74.2 Å². The molecule has 2 aliphatic rings. The number of hydrogen-bond donors (Lipinski definition) is 1. The Morgan fingerprint density at radius 2 is 1.88 bits per heavy atom. The Morgan fingerprint density at radius 1 is 1.12 bits per heavy atom. The largest absolute Gasteiger partial charge is 0.494 e. The summed E-state index contributed by atoms with van der Waals surface area (Å²) in [6.45, 7) is 3.33. The van der Waals surface area contributed by atoms with Crippen molar-refractivity contribution >= 4 is 5.97 Å². The van der Waals surface area contributed by atoms with Gasteiger partial charge in [-0.1, -0.05) is 26.2 Å². The van der Waals surface area contributed by atoms with E-state index in [1.807, 2.05) is 0 Å². The second-order valence-corrected chi connectivity index (χ2v) is 6.54. The minimum atomic E-state index is -0.650. The van der Waals surface area contributed by atoms with E-state index in [4.69, 9.17) is 18.9 Å². The SMILES string of the molecule is CCCCCCOc1ccc(C(=O)O[C@H]2CO[C@H]3[C@@H]2OC[C@H]3O)cc1. The van der Waals surface area contributed by atoms with E-state index in [9.17, 15) is 9.90 Å². The van der Waals surface area contributed by atoms with Crippen LogP contribution in [0.5, 0.6) is 5.75 Å². The molecule has 6 nitrogen and oxygen atoms in total. The van der Waals surface area contributed by atoms with Crippen molar-refractivity contribution in [3.63, 3.8) is 0 Å². The summed E-state index contributed by atoms with van der Waals surface area (Å²) in [7, 11) is 0. The second-order valence-electron chi connectivity index (χ2n) is 6.54. The van der Waals surface area contributed by atoms with Gasteiger partial charge in [0.05, 0.1) is 25.4 Å². The van der Waals surface area contributed by atoms with Crippen molar-refractivity contribution in [1.82, 2.24) is 0 Å². The molecule has 4 atom stereocenters. The third-order valence-corrected chi connectivity index (χ3v) is 4.60. The molecule has 1 aromatic carbocycles. The number of benzene rings is 1. The number of unbranched alkanes of at least 4 members (excludes halogenated alkanes) is 3. The molecule has 2 fully saturated rings. The summed E-state index contributed by atoms with van der Waals surface area (Å²) >= 11 is 0. The molecule has 0 amide bonds. The zero-order valence-electron chi connectivity index (χ0n) is 14.6. The molecule has 0 aliphatic carbocycles. The lowest BCUT2D eigenvalue weighted by Crippen LogP contribution is -2.34. The summed E-state index contributed by atoms with van der Waals surface area (Å²) in [4.78, 5) is 12.3. The molecule has 2 saturated heterocycles. The molecular formula is C19H26O6. The highest BCUT2D eigenvalue weighted by Crippen LogP contribution is 2.29. The Morgan fingerprint density at radius 3 is 2.64 bits per heavy atom. The predicted molar refractivity (Wildman–Crippen MR) is 90.8 cm³/mol. The Hall–Kier alpha value is -1.63. The van der Waals surface area contributed by atoms with Crippen LogP contribution in [0.25, 0.3) is 0 Å². The Bertz CT molecular complexity index is 558. The number of carbonyl (C=O) groups is 1. The summed E-state index contributed by atoms with van der Waals surface area (Å²) in [5.41, 5.74) is 0.459. The quantitative estimate of drug-likeness (QED) is 0.573. The molecule has 0 radical (unpaired) electrons. The summed E-state index contributed by atoms with van der Waals surface area (Å²) in [5.74, 6) is 0.327. The van der Waals surface area contributed by atoms with E-state index in [2.05, 4.69) is 6.92 Å². The van der Waals surface area contributed by atoms with Crippen LogP contribution in [0.1, 0.15) is 43.0 Å². The average Bonchev–Trinajstić information content (AvgIpc) is 3.19. The highest BCUT2D eigenvalue weighted by molar-refractivity contribution is 5.89. The van der Waals surface area contributed by atoms with Gasteiger partial charge in [0, 0.05) is 0 Å². The first-order valence-electron chi connectivity index (χ1n) is 9.04. The van der Waals surface area contributed by atoms with Crippen molar-refractivity contribution in [3.8, 4) is 5.75 Å². The lowest BCUT2D eigenvalue weighted by molar-refractivity contribution is -0.0209. The van der Waals surface area contributed by atoms with Gasteiger partial charge >= 0.3 is 5.97 Å². The van der Waals surface area contributed by atoms with Gasteiger partial charge in [0.1, 0.15) is 24.1 Å². The van der Waals surface area contributed by atoms with Crippen LogP contribution < -0.4 is 4.74 Å². The summed E-state index contributed by atoms with van der Waals surface area (Å²) in [6, 6.07) is 6.95. The number of aliphatic hydroxyl groups is 1. The van der Waals surface area contributed by atoms with Gasteiger partial charge in [-0.3, -0.25) is 0 Å². The van der Waals surface area contributed by atoms with Crippen molar-refractivity contribution in [1.29, 1.82) is 0 Å². The Kier molecular flexibility index (Phi) is 6.29. The molecule has 0 saturated carbocycles. The van der Waals surface area contributed by atoms with Crippen molar-refractivity contribution in [2.75, 3.05) is 19.8 Å². The van der Waals surface area contributed by atoms with Gasteiger partial charge in [-0.2, -0.15) is 0 Å². The lowest BCUT2D eigenvalue weighted by atomic mass is 10.1. The molecule has 2 heterocycles. The molecule has 25 heavy (non-hydrogen) atoms. The van der Waals surface area contributed by atoms with Crippen LogP contribution in [0, 0.1) is 0 Å². The first kappa shape index (κ1) is 18.2. The number of rotatable bonds is 8. The number of aliphatic hydroxyl groups excluding tert-OH is 1. The minimum absolute atomic E-state index is 0.216. The van der Waals surface area contributed by atoms with E-state index in [-0.39, 0.29) is 19.3 Å². The van der Waals surface area contributed by atoms with E-state index in [1.54, 1.807) is 24.3 Å². The van der Waals surface area contributed by atoms with Gasteiger partial charge in [-0.25, -0.2) is 4.79 Å². The number of esters is 1. The summed E-state index contributed by atoms with van der Waals surface area (Å²) < 4.78 is 22.1. The van der Waals surface area contributed by atoms with Crippen LogP contribution in [0.2, 0.25) is 0 Å². The van der Waals surface area contributed by atoms with Gasteiger partial charge < -0.3 is 24.1 Å². The fourth-order valence-electron chi connectivity index (χ4n) is 3.16. The van der Waals surface area contributed by atoms with Gasteiger partial charge in [0.25, 0.3) is 0 Å². The zero-order chi connectivity index (χ0) is 17.6. The molecule has 0 aromatic heterocycles. The van der Waals surface area contributed by atoms with Crippen LogP contribution in [-0.2, 0) is 14.2 Å². The van der Waals surface area contributed by atoms with Gasteiger partial charge in [-0.05, 0) is 30.7 Å². The van der Waals surface area contributed by atoms with Crippen molar-refractivity contribution in [3.05, 3.63) is 29.8 Å². The van der Waals surface area contributed by atoms with E-state index in [1.165, 1.54) is 19.3 Å². The van der Waals surface area contributed by atoms with Gasteiger partial charge in [-0.15, -0.1) is 0 Å². The maximum absolute atomic E-state index is 12.3. The third-order valence-electron chi connectivity index (χ3n) is 4.60. The number of ether oxygens (including phenoxy) is 4. The first-order chi connectivity index (χ1) is 12.2. The second kappa shape index (κ2) is 8.65. The maximum atomic E-state index is 12.3. The molecule has 0 unspecified atom stereocenters. The van der Waals surface area contributed by atoms with Gasteiger partial charge in [0.15, 0.2) is 6.10 Å². The Labute approximate surface area is 148 Å². The summed E-state index contributed by atoms with van der Waals surface area (Å²) in [5, 5.41) is 9.71. The van der Waals surface area contributed by atoms with E-state index in [0.29, 0.717) is 12.2 Å². The van der Waals surface area contributed by atoms with Crippen molar-refractivity contribution in [2.24, 2.45) is 0 Å². The molecule has 0 bridgehead atoms. The highest BCUT2D eigenvalue weighted by Gasteiger charge is 2.48. The van der Waals surface area contributed by atoms with Crippen molar-refractivity contribution in [2.45, 2.75) is 57.0 Å². The number of hydrogen-bond acceptors (Lipinski definition) is 6. The van der Waals surface area contributed by atoms with E-state index < -0.39 is 24.3 Å². The van der Waals surface area contributed by atoms with Crippen LogP contribution in [0.4, 0.5) is 0 Å². The fraction of sp³-hybridized carbons (Fsp3) is 0.632. The normalized spacial score (nSPS) is 27.9. The van der Waals surface area contributed by atoms with Crippen LogP contribution in [-0.4, -0.2) is 55.3 Å². The smallest absolute Gasteiger partial charge is 0.338 e. The number of fused-ring (bicyclic) bond motifs is 1. The van der Waals surface area contributed by atoms with Gasteiger partial charge in [0.2, 0.25) is 0 Å². The molecule has 6 heteroatoms. The maximum Gasteiger partial charge on any atom is 0.338 e. The van der Waals surface area contributed by atoms with E-state index >= 15 is 0 Å². The zero-order valence-corrected chi connectivity index (χ0v) is 14.6. The number of carbonyl (C=O) groups excluding carboxylic acids is 1.